The maximum atomic E-state index is 11.9. The van der Waals surface area contributed by atoms with Gasteiger partial charge in [0.2, 0.25) is 0 Å². The van der Waals surface area contributed by atoms with E-state index in [0.29, 0.717) is 0 Å². The van der Waals surface area contributed by atoms with Crippen molar-refractivity contribution >= 4 is 17.3 Å². The molecule has 8 heteroatoms. The zero-order valence-corrected chi connectivity index (χ0v) is 11.8. The van der Waals surface area contributed by atoms with Crippen LogP contribution in [-0.2, 0) is 0 Å². The van der Waals surface area contributed by atoms with Crippen molar-refractivity contribution in [2.24, 2.45) is 0 Å². The molecule has 1 heterocycles. The van der Waals surface area contributed by atoms with E-state index in [0.717, 1.165) is 0 Å². The van der Waals surface area contributed by atoms with Crippen LogP contribution in [0.1, 0.15) is 10.4 Å². The van der Waals surface area contributed by atoms with Gasteiger partial charge in [0, 0.05) is 38.8 Å². The van der Waals surface area contributed by atoms with Crippen LogP contribution in [-0.4, -0.2) is 65.3 Å². The monoisotopic (exact) mass is 295 g/mol. The number of aliphatic hydroxyl groups excluding tert-OH is 2. The highest BCUT2D eigenvalue weighted by molar-refractivity contribution is 5.95. The summed E-state index contributed by atoms with van der Waals surface area (Å²) in [6.07, 6.45) is -1.87. The number of carbonyl (C=O) groups is 1. The molecule has 0 spiro atoms. The second-order valence-electron chi connectivity index (χ2n) is 5.20. The Bertz CT molecular complexity index is 565. The molecule has 21 heavy (non-hydrogen) atoms. The number of benzene rings is 1. The van der Waals surface area contributed by atoms with E-state index in [2.05, 4.69) is 0 Å². The molecule has 1 aliphatic heterocycles. The smallest absolute Gasteiger partial charge is 0.293 e. The molecule has 2 rings (SSSR count). The molecule has 1 saturated heterocycles. The van der Waals surface area contributed by atoms with Gasteiger partial charge in [-0.2, -0.15) is 0 Å². The van der Waals surface area contributed by atoms with Crippen molar-refractivity contribution in [1.29, 1.82) is 0 Å². The Hall–Kier alpha value is -2.19. The number of β-amino-alcohol motifs (C(OH)–C–C–N with tert-alkyl or cyclic N) is 2. The minimum absolute atomic E-state index is 0.114. The van der Waals surface area contributed by atoms with Crippen LogP contribution in [0.3, 0.4) is 0 Å². The van der Waals surface area contributed by atoms with Crippen LogP contribution in [0.15, 0.2) is 18.2 Å². The molecule has 2 atom stereocenters. The highest BCUT2D eigenvalue weighted by atomic mass is 16.6. The van der Waals surface area contributed by atoms with Gasteiger partial charge in [-0.25, -0.2) is 0 Å². The quantitative estimate of drug-likeness (QED) is 0.592. The third-order valence-corrected chi connectivity index (χ3v) is 3.42. The maximum absolute atomic E-state index is 11.9. The fourth-order valence-electron chi connectivity index (χ4n) is 2.29. The summed E-state index contributed by atoms with van der Waals surface area (Å²) >= 11 is 0. The third kappa shape index (κ3) is 2.96. The number of carbonyl (C=O) groups excluding carboxylic acids is 1. The van der Waals surface area contributed by atoms with Gasteiger partial charge in [0.25, 0.3) is 11.6 Å². The van der Waals surface area contributed by atoms with E-state index in [1.54, 1.807) is 14.1 Å². The lowest BCUT2D eigenvalue weighted by molar-refractivity contribution is -0.384. The average Bonchev–Trinajstić information content (AvgIpc) is 2.76. The Morgan fingerprint density at radius 1 is 1.33 bits per heavy atom. The molecule has 2 unspecified atom stereocenters. The van der Waals surface area contributed by atoms with E-state index in [1.165, 1.54) is 28.0 Å². The van der Waals surface area contributed by atoms with E-state index in [4.69, 9.17) is 0 Å². The summed E-state index contributed by atoms with van der Waals surface area (Å²) in [5.74, 6) is -0.328. The zero-order chi connectivity index (χ0) is 15.7. The summed E-state index contributed by atoms with van der Waals surface area (Å²) in [6, 6.07) is 4.19. The zero-order valence-electron chi connectivity index (χ0n) is 11.8. The molecule has 0 aromatic heterocycles. The molecule has 0 aliphatic carbocycles. The van der Waals surface area contributed by atoms with Crippen LogP contribution in [0, 0.1) is 10.1 Å². The van der Waals surface area contributed by atoms with Crippen molar-refractivity contribution in [3.63, 3.8) is 0 Å². The lowest BCUT2D eigenvalue weighted by Gasteiger charge is -2.18. The van der Waals surface area contributed by atoms with Crippen LogP contribution < -0.4 is 4.90 Å². The molecule has 1 aromatic rings. The maximum Gasteiger partial charge on any atom is 0.293 e. The fraction of sp³-hybridized carbons (Fsp3) is 0.462. The number of hydrogen-bond acceptors (Lipinski definition) is 6. The lowest BCUT2D eigenvalue weighted by Crippen LogP contribution is -2.24. The summed E-state index contributed by atoms with van der Waals surface area (Å²) in [5.41, 5.74) is 0.283. The van der Waals surface area contributed by atoms with Crippen molar-refractivity contribution in [3.05, 3.63) is 33.9 Å². The molecule has 8 nitrogen and oxygen atoms in total. The molecule has 0 bridgehead atoms. The van der Waals surface area contributed by atoms with Crippen LogP contribution in [0.5, 0.6) is 0 Å². The van der Waals surface area contributed by atoms with E-state index in [1.807, 2.05) is 0 Å². The number of nitrogens with zero attached hydrogens (tertiary/aromatic N) is 3. The van der Waals surface area contributed by atoms with Gasteiger partial charge in [-0.05, 0) is 12.1 Å². The van der Waals surface area contributed by atoms with Crippen molar-refractivity contribution in [2.45, 2.75) is 12.2 Å². The number of hydrogen-bond donors (Lipinski definition) is 2. The van der Waals surface area contributed by atoms with Crippen molar-refractivity contribution < 1.29 is 19.9 Å². The molecule has 1 fully saturated rings. The minimum atomic E-state index is -0.937. The third-order valence-electron chi connectivity index (χ3n) is 3.42. The van der Waals surface area contributed by atoms with Gasteiger partial charge in [0.15, 0.2) is 0 Å². The molecule has 1 amide bonds. The number of rotatable bonds is 3. The lowest BCUT2D eigenvalue weighted by atomic mass is 10.1. The van der Waals surface area contributed by atoms with Crippen molar-refractivity contribution in [2.75, 3.05) is 32.1 Å². The van der Waals surface area contributed by atoms with Crippen LogP contribution in [0.25, 0.3) is 0 Å². The van der Waals surface area contributed by atoms with Gasteiger partial charge in [-0.1, -0.05) is 0 Å². The van der Waals surface area contributed by atoms with Crippen molar-refractivity contribution in [1.82, 2.24) is 4.90 Å². The first-order valence-electron chi connectivity index (χ1n) is 6.42. The summed E-state index contributed by atoms with van der Waals surface area (Å²) in [6.45, 7) is 0.228. The SMILES string of the molecule is CN(C)C(=O)c1ccc(N2CC(O)C(O)C2)c([N+](=O)[O-])c1. The van der Waals surface area contributed by atoms with Gasteiger partial charge in [-0.15, -0.1) is 0 Å². The number of aliphatic hydroxyl groups is 2. The van der Waals surface area contributed by atoms with Gasteiger partial charge in [0.1, 0.15) is 5.69 Å². The first kappa shape index (κ1) is 15.2. The van der Waals surface area contributed by atoms with Crippen LogP contribution in [0.2, 0.25) is 0 Å². The molecule has 114 valence electrons. The molecular formula is C13H17N3O5. The van der Waals surface area contributed by atoms with E-state index in [-0.39, 0.29) is 35.9 Å². The van der Waals surface area contributed by atoms with Gasteiger partial charge >= 0.3 is 0 Å². The summed E-state index contributed by atoms with van der Waals surface area (Å²) in [5, 5.41) is 30.3. The van der Waals surface area contributed by atoms with E-state index >= 15 is 0 Å². The largest absolute Gasteiger partial charge is 0.389 e. The highest BCUT2D eigenvalue weighted by Gasteiger charge is 2.33. The minimum Gasteiger partial charge on any atom is -0.389 e. The normalized spacial score (nSPS) is 21.4. The summed E-state index contributed by atoms with van der Waals surface area (Å²) in [4.78, 5) is 25.4. The van der Waals surface area contributed by atoms with Crippen molar-refractivity contribution in [3.8, 4) is 0 Å². The van der Waals surface area contributed by atoms with Gasteiger partial charge in [0.05, 0.1) is 17.1 Å². The standard InChI is InChI=1S/C13H17N3O5/c1-14(2)13(19)8-3-4-9(10(5-8)16(20)21)15-6-11(17)12(18)7-15/h3-5,11-12,17-18H,6-7H2,1-2H3. The Balaban J connectivity index is 2.39. The van der Waals surface area contributed by atoms with E-state index < -0.39 is 17.1 Å². The highest BCUT2D eigenvalue weighted by Crippen LogP contribution is 2.32. The Kier molecular flexibility index (Phi) is 4.10. The number of nitro groups is 1. The molecule has 0 saturated carbocycles. The number of amides is 1. The molecule has 2 N–H and O–H groups in total. The van der Waals surface area contributed by atoms with E-state index in [9.17, 15) is 25.1 Å². The molecule has 1 aliphatic rings. The van der Waals surface area contributed by atoms with Crippen LogP contribution >= 0.6 is 0 Å². The average molecular weight is 295 g/mol. The summed E-state index contributed by atoms with van der Waals surface area (Å²) in [7, 11) is 3.13. The molecular weight excluding hydrogens is 278 g/mol. The molecule has 1 aromatic carbocycles. The second kappa shape index (κ2) is 5.66. The number of anilines is 1. The molecule has 0 radical (unpaired) electrons. The fourth-order valence-corrected chi connectivity index (χ4v) is 2.29. The Morgan fingerprint density at radius 2 is 1.90 bits per heavy atom. The predicted molar refractivity (Wildman–Crippen MR) is 75.3 cm³/mol. The van der Waals surface area contributed by atoms with Gasteiger partial charge in [-0.3, -0.25) is 14.9 Å². The Morgan fingerprint density at radius 3 is 2.38 bits per heavy atom. The second-order valence-corrected chi connectivity index (χ2v) is 5.20. The first-order valence-corrected chi connectivity index (χ1v) is 6.42. The topological polar surface area (TPSA) is 107 Å². The summed E-state index contributed by atoms with van der Waals surface area (Å²) < 4.78 is 0. The predicted octanol–water partition coefficient (Wildman–Crippen LogP) is -0.162. The Labute approximate surface area is 121 Å². The first-order chi connectivity index (χ1) is 9.81. The van der Waals surface area contributed by atoms with Crippen LogP contribution in [0.4, 0.5) is 11.4 Å². The van der Waals surface area contributed by atoms with Gasteiger partial charge < -0.3 is 20.0 Å². The number of nitro benzene ring substituents is 1.